The number of fused-ring (bicyclic) bond motifs is 5. The fourth-order valence-corrected chi connectivity index (χ4v) is 8.12. The third-order valence-corrected chi connectivity index (χ3v) is 9.20. The van der Waals surface area contributed by atoms with Gasteiger partial charge in [-0.05, 0) is 74.0 Å². The number of rotatable bonds is 2. The lowest BCUT2D eigenvalue weighted by Crippen LogP contribution is -2.60. The highest BCUT2D eigenvalue weighted by molar-refractivity contribution is 5.80. The summed E-state index contributed by atoms with van der Waals surface area (Å²) in [4.78, 5) is 36.5. The Labute approximate surface area is 162 Å². The van der Waals surface area contributed by atoms with Crippen molar-refractivity contribution in [1.82, 2.24) is 0 Å². The van der Waals surface area contributed by atoms with E-state index < -0.39 is 0 Å². The van der Waals surface area contributed by atoms with E-state index in [-0.39, 0.29) is 28.8 Å². The minimum Gasteiger partial charge on any atom is -0.462 e. The summed E-state index contributed by atoms with van der Waals surface area (Å²) in [7, 11) is 0. The number of hydrogen-bond donors (Lipinski definition) is 0. The molecule has 4 rings (SSSR count). The van der Waals surface area contributed by atoms with E-state index in [1.165, 1.54) is 6.92 Å². The number of carbonyl (C=O) groups excluding carboxylic acids is 3. The van der Waals surface area contributed by atoms with Crippen LogP contribution in [-0.4, -0.2) is 23.6 Å². The molecule has 0 aromatic carbocycles. The third kappa shape index (κ3) is 2.81. The Kier molecular flexibility index (Phi) is 4.55. The van der Waals surface area contributed by atoms with Crippen molar-refractivity contribution in [3.63, 3.8) is 0 Å². The quantitative estimate of drug-likeness (QED) is 0.675. The number of ether oxygens (including phenoxy) is 1. The van der Waals surface area contributed by atoms with Crippen LogP contribution in [-0.2, 0) is 19.1 Å². The Balaban J connectivity index is 1.73. The normalized spacial score (nSPS) is 49.0. The van der Waals surface area contributed by atoms with Crippen LogP contribution in [0.4, 0.5) is 0 Å². The van der Waals surface area contributed by atoms with Crippen LogP contribution in [0.2, 0.25) is 0 Å². The molecule has 0 heterocycles. The van der Waals surface area contributed by atoms with Gasteiger partial charge in [0, 0.05) is 31.6 Å². The summed E-state index contributed by atoms with van der Waals surface area (Å²) in [5, 5.41) is 0. The molecule has 4 aliphatic rings. The lowest BCUT2D eigenvalue weighted by molar-refractivity contribution is -0.193. The maximum atomic E-state index is 12.4. The summed E-state index contributed by atoms with van der Waals surface area (Å²) < 4.78 is 5.97. The first-order chi connectivity index (χ1) is 12.7. The maximum absolute atomic E-state index is 12.4. The van der Waals surface area contributed by atoms with Crippen molar-refractivity contribution in [3.8, 4) is 0 Å². The van der Waals surface area contributed by atoms with E-state index >= 15 is 0 Å². The molecule has 0 N–H and O–H groups in total. The Morgan fingerprint density at radius 3 is 2.44 bits per heavy atom. The average Bonchev–Trinajstić information content (AvgIpc) is 2.91. The molecule has 4 heteroatoms. The summed E-state index contributed by atoms with van der Waals surface area (Å²) in [6, 6.07) is 0. The monoisotopic (exact) mass is 374 g/mol. The first-order valence-corrected chi connectivity index (χ1v) is 10.9. The molecule has 0 bridgehead atoms. The van der Waals surface area contributed by atoms with E-state index in [0.29, 0.717) is 48.1 Å². The van der Waals surface area contributed by atoms with Gasteiger partial charge in [-0.15, -0.1) is 0 Å². The summed E-state index contributed by atoms with van der Waals surface area (Å²) in [5.41, 5.74) is 0.0212. The van der Waals surface area contributed by atoms with Crippen LogP contribution in [0.5, 0.6) is 0 Å². The second-order valence-electron chi connectivity index (χ2n) is 10.4. The van der Waals surface area contributed by atoms with Crippen LogP contribution in [0.25, 0.3) is 0 Å². The van der Waals surface area contributed by atoms with Gasteiger partial charge in [-0.2, -0.15) is 0 Å². The van der Waals surface area contributed by atoms with Gasteiger partial charge >= 0.3 is 5.97 Å². The molecule has 8 atom stereocenters. The van der Waals surface area contributed by atoms with Gasteiger partial charge in [0.15, 0.2) is 0 Å². The molecule has 0 aromatic heterocycles. The van der Waals surface area contributed by atoms with Gasteiger partial charge in [0.2, 0.25) is 0 Å². The van der Waals surface area contributed by atoms with E-state index in [0.717, 1.165) is 38.5 Å². The second kappa shape index (κ2) is 6.42. The molecule has 150 valence electrons. The molecule has 0 aromatic rings. The zero-order chi connectivity index (χ0) is 19.6. The topological polar surface area (TPSA) is 60.4 Å². The molecule has 4 fully saturated rings. The van der Waals surface area contributed by atoms with Gasteiger partial charge in [-0.1, -0.05) is 13.8 Å². The SMILES string of the molecule is CC(=O)OC1CC2(C)C(C(C)=O)CCC2C2CCC3CC(=O)CCC3(C)C12. The molecule has 27 heavy (non-hydrogen) atoms. The highest BCUT2D eigenvalue weighted by atomic mass is 16.5. The van der Waals surface area contributed by atoms with Crippen molar-refractivity contribution in [3.05, 3.63) is 0 Å². The first kappa shape index (κ1) is 19.1. The first-order valence-electron chi connectivity index (χ1n) is 10.9. The van der Waals surface area contributed by atoms with Crippen molar-refractivity contribution in [2.45, 2.75) is 85.2 Å². The van der Waals surface area contributed by atoms with Crippen molar-refractivity contribution in [2.75, 3.05) is 0 Å². The lowest BCUT2D eigenvalue weighted by atomic mass is 9.44. The predicted octanol–water partition coefficient (Wildman–Crippen LogP) is 4.35. The van der Waals surface area contributed by atoms with Crippen LogP contribution in [0.15, 0.2) is 0 Å². The Bertz CT molecular complexity index is 669. The van der Waals surface area contributed by atoms with E-state index in [4.69, 9.17) is 4.74 Å². The molecule has 8 unspecified atom stereocenters. The van der Waals surface area contributed by atoms with Crippen molar-refractivity contribution < 1.29 is 19.1 Å². The fraction of sp³-hybridized carbons (Fsp3) is 0.870. The number of Topliss-reactive ketones (excluding diaryl/α,β-unsaturated/α-hetero) is 2. The number of ketones is 2. The van der Waals surface area contributed by atoms with Gasteiger partial charge < -0.3 is 4.74 Å². The predicted molar refractivity (Wildman–Crippen MR) is 102 cm³/mol. The molecule has 4 aliphatic carbocycles. The van der Waals surface area contributed by atoms with Gasteiger partial charge in [0.25, 0.3) is 0 Å². The minimum atomic E-state index is -0.212. The van der Waals surface area contributed by atoms with Gasteiger partial charge in [-0.3, -0.25) is 14.4 Å². The molecule has 0 aliphatic heterocycles. The molecule has 0 saturated heterocycles. The molecule has 4 nitrogen and oxygen atoms in total. The number of esters is 1. The largest absolute Gasteiger partial charge is 0.462 e. The van der Waals surface area contributed by atoms with E-state index in [1.54, 1.807) is 6.92 Å². The van der Waals surface area contributed by atoms with E-state index in [9.17, 15) is 14.4 Å². The zero-order valence-electron chi connectivity index (χ0n) is 17.3. The zero-order valence-corrected chi connectivity index (χ0v) is 17.3. The van der Waals surface area contributed by atoms with Crippen LogP contribution in [0.1, 0.15) is 79.1 Å². The van der Waals surface area contributed by atoms with Crippen LogP contribution in [0.3, 0.4) is 0 Å². The maximum Gasteiger partial charge on any atom is 0.302 e. The van der Waals surface area contributed by atoms with E-state index in [2.05, 4.69) is 13.8 Å². The summed E-state index contributed by atoms with van der Waals surface area (Å²) in [6.07, 6.45) is 7.29. The Morgan fingerprint density at radius 1 is 1.04 bits per heavy atom. The fourth-order valence-electron chi connectivity index (χ4n) is 8.12. The molecule has 0 amide bonds. The Hall–Kier alpha value is -1.19. The summed E-state index contributed by atoms with van der Waals surface area (Å²) in [6.45, 7) is 7.88. The molecule has 0 radical (unpaired) electrons. The second-order valence-corrected chi connectivity index (χ2v) is 10.4. The van der Waals surface area contributed by atoms with Crippen LogP contribution < -0.4 is 0 Å². The van der Waals surface area contributed by atoms with Gasteiger partial charge in [-0.25, -0.2) is 0 Å². The molecular weight excluding hydrogens is 340 g/mol. The average molecular weight is 375 g/mol. The minimum absolute atomic E-state index is 0.0548. The summed E-state index contributed by atoms with van der Waals surface area (Å²) in [5.74, 6) is 2.38. The summed E-state index contributed by atoms with van der Waals surface area (Å²) >= 11 is 0. The van der Waals surface area contributed by atoms with Crippen molar-refractivity contribution in [2.24, 2.45) is 40.4 Å². The van der Waals surface area contributed by atoms with E-state index in [1.807, 2.05) is 0 Å². The number of carbonyl (C=O) groups is 3. The van der Waals surface area contributed by atoms with Crippen molar-refractivity contribution in [1.29, 1.82) is 0 Å². The van der Waals surface area contributed by atoms with Crippen LogP contribution >= 0.6 is 0 Å². The molecular formula is C23H34O4. The number of hydrogen-bond acceptors (Lipinski definition) is 4. The van der Waals surface area contributed by atoms with Gasteiger partial charge in [0.1, 0.15) is 17.7 Å². The standard InChI is InChI=1S/C23H34O4/c1-13(24)18-7-8-19-17-6-5-15-11-16(26)9-10-22(15,3)21(17)20(27-14(2)25)12-23(18,19)4/h15,17-21H,5-12H2,1-4H3. The molecule has 4 saturated carbocycles. The van der Waals surface area contributed by atoms with Crippen molar-refractivity contribution >= 4 is 17.5 Å². The van der Waals surface area contributed by atoms with Gasteiger partial charge in [0.05, 0.1) is 0 Å². The smallest absolute Gasteiger partial charge is 0.302 e. The Morgan fingerprint density at radius 2 is 1.78 bits per heavy atom. The van der Waals surface area contributed by atoms with Crippen LogP contribution in [0, 0.1) is 40.4 Å². The lowest BCUT2D eigenvalue weighted by Gasteiger charge is -2.62. The highest BCUT2D eigenvalue weighted by Gasteiger charge is 2.64. The third-order valence-electron chi connectivity index (χ3n) is 9.20. The highest BCUT2D eigenvalue weighted by Crippen LogP contribution is 2.67. The molecule has 0 spiro atoms.